The Labute approximate surface area is 147 Å². The molecule has 0 aliphatic carbocycles. The van der Waals surface area contributed by atoms with E-state index < -0.39 is 0 Å². The molecule has 0 unspecified atom stereocenters. The summed E-state index contributed by atoms with van der Waals surface area (Å²) in [5, 5.41) is 14.4. The Bertz CT molecular complexity index is 1180. The molecule has 2 aromatic heterocycles. The Morgan fingerprint density at radius 2 is 1.84 bits per heavy atom. The summed E-state index contributed by atoms with van der Waals surface area (Å²) in [6.45, 7) is 0. The molecule has 3 heterocycles. The highest BCUT2D eigenvalue weighted by Gasteiger charge is 2.23. The Hall–Kier alpha value is -3.18. The van der Waals surface area contributed by atoms with Crippen LogP contribution in [-0.2, 0) is 0 Å². The molecule has 0 radical (unpaired) electrons. The van der Waals surface area contributed by atoms with Crippen LogP contribution in [0.2, 0.25) is 5.02 Å². The van der Waals surface area contributed by atoms with E-state index in [1.165, 1.54) is 6.07 Å². The zero-order chi connectivity index (χ0) is 17.0. The second-order valence-electron chi connectivity index (χ2n) is 5.77. The lowest BCUT2D eigenvalue weighted by Crippen LogP contribution is -2.04. The monoisotopic (exact) mass is 346 g/mol. The molecule has 5 nitrogen and oxygen atoms in total. The van der Waals surface area contributed by atoms with Crippen molar-refractivity contribution in [3.63, 3.8) is 0 Å². The minimum Gasteiger partial charge on any atom is -0.508 e. The van der Waals surface area contributed by atoms with Crippen LogP contribution < -0.4 is 0 Å². The maximum Gasteiger partial charge on any atom is 0.137 e. The van der Waals surface area contributed by atoms with E-state index in [9.17, 15) is 5.11 Å². The normalized spacial score (nSPS) is 12.6. The third-order valence-corrected chi connectivity index (χ3v) is 4.62. The number of nitrogens with zero attached hydrogens (tertiary/aromatic N) is 4. The maximum absolute atomic E-state index is 9.67. The van der Waals surface area contributed by atoms with E-state index in [-0.39, 0.29) is 5.75 Å². The van der Waals surface area contributed by atoms with E-state index >= 15 is 0 Å². The van der Waals surface area contributed by atoms with Gasteiger partial charge in [0.2, 0.25) is 0 Å². The fourth-order valence-electron chi connectivity index (χ4n) is 3.20. The van der Waals surface area contributed by atoms with Crippen LogP contribution in [0.3, 0.4) is 0 Å². The van der Waals surface area contributed by atoms with Crippen molar-refractivity contribution in [3.05, 3.63) is 77.2 Å². The molecule has 6 heteroatoms. The van der Waals surface area contributed by atoms with Crippen molar-refractivity contribution in [2.75, 3.05) is 0 Å². The molecule has 0 saturated heterocycles. The van der Waals surface area contributed by atoms with Crippen molar-refractivity contribution in [1.29, 1.82) is 0 Å². The fraction of sp³-hybridized carbons (Fsp3) is 0. The van der Waals surface area contributed by atoms with Gasteiger partial charge in [0.25, 0.3) is 0 Å². The number of phenols is 1. The number of hydrogen-bond acceptors (Lipinski definition) is 4. The van der Waals surface area contributed by atoms with Gasteiger partial charge in [-0.3, -0.25) is 0 Å². The number of fused-ring (bicyclic) bond motifs is 2. The van der Waals surface area contributed by atoms with Gasteiger partial charge >= 0.3 is 0 Å². The lowest BCUT2D eigenvalue weighted by Gasteiger charge is -2.08. The molecule has 0 fully saturated rings. The van der Waals surface area contributed by atoms with Gasteiger partial charge in [0.15, 0.2) is 0 Å². The number of aromatic nitrogens is 3. The van der Waals surface area contributed by atoms with Gasteiger partial charge < -0.3 is 5.11 Å². The predicted molar refractivity (Wildman–Crippen MR) is 96.8 cm³/mol. The smallest absolute Gasteiger partial charge is 0.137 e. The molecule has 4 aromatic rings. The Kier molecular flexibility index (Phi) is 2.93. The van der Waals surface area contributed by atoms with Crippen molar-refractivity contribution in [3.8, 4) is 17.0 Å². The molecule has 0 amide bonds. The van der Waals surface area contributed by atoms with Crippen LogP contribution >= 0.6 is 11.6 Å². The van der Waals surface area contributed by atoms with Crippen LogP contribution in [0.15, 0.2) is 66.0 Å². The first kappa shape index (κ1) is 14.2. The summed E-state index contributed by atoms with van der Waals surface area (Å²) in [4.78, 5) is 9.38. The molecule has 1 aliphatic heterocycles. The Morgan fingerprint density at radius 1 is 0.960 bits per heavy atom. The molecule has 2 aromatic carbocycles. The zero-order valence-corrected chi connectivity index (χ0v) is 13.6. The first-order chi connectivity index (χ1) is 12.2. The van der Waals surface area contributed by atoms with Gasteiger partial charge in [-0.25, -0.2) is 14.5 Å². The molecule has 0 saturated carbocycles. The molecule has 0 spiro atoms. The highest BCUT2D eigenvalue weighted by atomic mass is 35.5. The van der Waals surface area contributed by atoms with Crippen LogP contribution in [0, 0.1) is 0 Å². The number of rotatable bonds is 1. The van der Waals surface area contributed by atoms with Crippen molar-refractivity contribution in [2.45, 2.75) is 0 Å². The van der Waals surface area contributed by atoms with Gasteiger partial charge in [0, 0.05) is 22.9 Å². The SMILES string of the molecule is Oc1ccc(C2=Nc3ccccc3-c3ncnn4ccc2c34)c(Cl)c1. The molecule has 1 N–H and O–H groups in total. The number of aromatic hydroxyl groups is 1. The standard InChI is InChI=1S/C19H11ClN4O/c20-15-9-11(25)5-6-12(15)17-14-7-8-24-19(14)18(21-10-22-24)13-3-1-2-4-16(13)23-17/h1-10,25H. The first-order valence-corrected chi connectivity index (χ1v) is 8.10. The van der Waals surface area contributed by atoms with E-state index in [0.717, 1.165) is 39.3 Å². The summed E-state index contributed by atoms with van der Waals surface area (Å²) in [7, 11) is 0. The minimum absolute atomic E-state index is 0.120. The van der Waals surface area contributed by atoms with Crippen molar-refractivity contribution >= 4 is 28.5 Å². The molecule has 0 bridgehead atoms. The summed E-state index contributed by atoms with van der Waals surface area (Å²) in [5.74, 6) is 0.120. The summed E-state index contributed by atoms with van der Waals surface area (Å²) in [6.07, 6.45) is 3.43. The second kappa shape index (κ2) is 5.16. The van der Waals surface area contributed by atoms with Gasteiger partial charge in [0.1, 0.15) is 23.3 Å². The van der Waals surface area contributed by atoms with E-state index in [4.69, 9.17) is 16.6 Å². The summed E-state index contributed by atoms with van der Waals surface area (Å²) >= 11 is 6.39. The van der Waals surface area contributed by atoms with Gasteiger partial charge in [-0.15, -0.1) is 0 Å². The van der Waals surface area contributed by atoms with Gasteiger partial charge in [0.05, 0.1) is 16.4 Å². The van der Waals surface area contributed by atoms with Gasteiger partial charge in [-0.1, -0.05) is 29.8 Å². The molecular formula is C19H11ClN4O. The fourth-order valence-corrected chi connectivity index (χ4v) is 3.46. The number of phenolic OH excluding ortho intramolecular Hbond substituents is 1. The summed E-state index contributed by atoms with van der Waals surface area (Å²) in [6, 6.07) is 14.7. The quantitative estimate of drug-likeness (QED) is 0.494. The third-order valence-electron chi connectivity index (χ3n) is 4.31. The number of halogens is 1. The molecule has 0 atom stereocenters. The number of benzene rings is 2. The largest absolute Gasteiger partial charge is 0.508 e. The van der Waals surface area contributed by atoms with Crippen LogP contribution in [0.25, 0.3) is 16.8 Å². The summed E-state index contributed by atoms with van der Waals surface area (Å²) < 4.78 is 1.80. The number of hydrogen-bond donors (Lipinski definition) is 1. The van der Waals surface area contributed by atoms with Crippen LogP contribution in [0.1, 0.15) is 11.1 Å². The highest BCUT2D eigenvalue weighted by molar-refractivity contribution is 6.36. The van der Waals surface area contributed by atoms with E-state index in [2.05, 4.69) is 10.1 Å². The Morgan fingerprint density at radius 3 is 2.72 bits per heavy atom. The Balaban J connectivity index is 1.92. The molecule has 25 heavy (non-hydrogen) atoms. The van der Waals surface area contributed by atoms with E-state index in [1.54, 1.807) is 23.0 Å². The average molecular weight is 347 g/mol. The van der Waals surface area contributed by atoms with Crippen molar-refractivity contribution in [1.82, 2.24) is 14.6 Å². The average Bonchev–Trinajstić information content (AvgIpc) is 2.98. The minimum atomic E-state index is 0.120. The topological polar surface area (TPSA) is 62.8 Å². The highest BCUT2D eigenvalue weighted by Crippen LogP contribution is 2.38. The number of aliphatic imine (C=N–C) groups is 1. The lowest BCUT2D eigenvalue weighted by atomic mass is 10.0. The molecule has 1 aliphatic rings. The summed E-state index contributed by atoms with van der Waals surface area (Å²) in [5.41, 5.74) is 5.86. The van der Waals surface area contributed by atoms with Crippen LogP contribution in [0.4, 0.5) is 5.69 Å². The van der Waals surface area contributed by atoms with Crippen LogP contribution in [-0.4, -0.2) is 25.4 Å². The predicted octanol–water partition coefficient (Wildman–Crippen LogP) is 4.24. The van der Waals surface area contributed by atoms with Crippen molar-refractivity contribution in [2.24, 2.45) is 4.99 Å². The van der Waals surface area contributed by atoms with Gasteiger partial charge in [-0.2, -0.15) is 5.10 Å². The van der Waals surface area contributed by atoms with Crippen LogP contribution in [0.5, 0.6) is 5.75 Å². The van der Waals surface area contributed by atoms with Gasteiger partial charge in [-0.05, 0) is 30.3 Å². The molecule has 5 rings (SSSR count). The third kappa shape index (κ3) is 2.06. The van der Waals surface area contributed by atoms with E-state index in [1.807, 2.05) is 36.5 Å². The molecular weight excluding hydrogens is 336 g/mol. The van der Waals surface area contributed by atoms with Crippen molar-refractivity contribution < 1.29 is 5.11 Å². The second-order valence-corrected chi connectivity index (χ2v) is 6.18. The first-order valence-electron chi connectivity index (χ1n) is 7.72. The molecule has 120 valence electrons. The maximum atomic E-state index is 9.67. The number of para-hydroxylation sites is 1. The zero-order valence-electron chi connectivity index (χ0n) is 12.9. The lowest BCUT2D eigenvalue weighted by molar-refractivity contribution is 0.475. The van der Waals surface area contributed by atoms with E-state index in [0.29, 0.717) is 5.02 Å².